The topological polar surface area (TPSA) is 46.5 Å². The number of rotatable bonds is 15. The minimum absolute atomic E-state index is 0.136. The molecule has 0 radical (unpaired) electrons. The molecule has 0 aromatic heterocycles. The summed E-state index contributed by atoms with van der Waals surface area (Å²) in [5.74, 6) is -0.333. The zero-order chi connectivity index (χ0) is 19.1. The van der Waals surface area contributed by atoms with Crippen LogP contribution >= 0.6 is 0 Å². The van der Waals surface area contributed by atoms with Gasteiger partial charge in [0, 0.05) is 0 Å². The first-order chi connectivity index (χ1) is 12.0. The molecule has 146 valence electrons. The van der Waals surface area contributed by atoms with Gasteiger partial charge in [0.25, 0.3) is 0 Å². The fraction of sp³-hybridized carbons (Fsp3) is 0.762. The Morgan fingerprint density at radius 1 is 1.04 bits per heavy atom. The number of ether oxygens (including phenoxy) is 1. The molecule has 1 N–H and O–H groups in total. The van der Waals surface area contributed by atoms with Crippen molar-refractivity contribution in [2.24, 2.45) is 0 Å². The van der Waals surface area contributed by atoms with Crippen molar-refractivity contribution in [2.75, 3.05) is 13.7 Å². The summed E-state index contributed by atoms with van der Waals surface area (Å²) in [5.41, 5.74) is 1.72. The van der Waals surface area contributed by atoms with Gasteiger partial charge in [-0.1, -0.05) is 0 Å². The van der Waals surface area contributed by atoms with Gasteiger partial charge in [-0.3, -0.25) is 0 Å². The van der Waals surface area contributed by atoms with Crippen molar-refractivity contribution in [3.63, 3.8) is 0 Å². The van der Waals surface area contributed by atoms with Gasteiger partial charge in [-0.05, 0) is 0 Å². The van der Waals surface area contributed by atoms with Crippen LogP contribution in [0.25, 0.3) is 0 Å². The summed E-state index contributed by atoms with van der Waals surface area (Å²) in [7, 11) is 1.40. The summed E-state index contributed by atoms with van der Waals surface area (Å²) in [6.45, 7) is 10.8. The molecule has 0 aromatic carbocycles. The van der Waals surface area contributed by atoms with E-state index in [1.165, 1.54) is 64.5 Å². The summed E-state index contributed by atoms with van der Waals surface area (Å²) < 4.78 is 11.6. The van der Waals surface area contributed by atoms with Gasteiger partial charge in [-0.2, -0.15) is 0 Å². The van der Waals surface area contributed by atoms with Gasteiger partial charge in [-0.15, -0.1) is 0 Å². The Morgan fingerprint density at radius 3 is 1.88 bits per heavy atom. The average molecular weight is 459 g/mol. The van der Waals surface area contributed by atoms with E-state index in [-0.39, 0.29) is 12.6 Å². The molecule has 0 amide bonds. The van der Waals surface area contributed by atoms with Crippen LogP contribution < -0.4 is 0 Å². The van der Waals surface area contributed by atoms with Crippen LogP contribution in [-0.4, -0.2) is 43.2 Å². The monoisotopic (exact) mass is 460 g/mol. The van der Waals surface area contributed by atoms with E-state index in [0.717, 1.165) is 0 Å². The number of esters is 1. The number of hydrogen-bond acceptors (Lipinski definition) is 3. The fourth-order valence-electron chi connectivity index (χ4n) is 3.46. The van der Waals surface area contributed by atoms with Crippen LogP contribution in [0.3, 0.4) is 0 Å². The predicted molar refractivity (Wildman–Crippen MR) is 110 cm³/mol. The summed E-state index contributed by atoms with van der Waals surface area (Å²) in [4.78, 5) is 11.7. The molecule has 0 aromatic rings. The molecule has 0 rings (SSSR count). The fourth-order valence-corrected chi connectivity index (χ4v) is 19.1. The van der Waals surface area contributed by atoms with Crippen molar-refractivity contribution in [2.45, 2.75) is 85.4 Å². The molecule has 0 atom stereocenters. The van der Waals surface area contributed by atoms with Crippen LogP contribution in [0.1, 0.15) is 72.1 Å². The second-order valence-electron chi connectivity index (χ2n) is 7.22. The molecule has 0 aliphatic carbocycles. The van der Waals surface area contributed by atoms with Crippen molar-refractivity contribution in [3.05, 3.63) is 21.8 Å². The van der Waals surface area contributed by atoms with E-state index < -0.39 is 18.4 Å². The van der Waals surface area contributed by atoms with Gasteiger partial charge in [0.2, 0.25) is 0 Å². The minimum atomic E-state index is -2.42. The van der Waals surface area contributed by atoms with Gasteiger partial charge in [0.05, 0.1) is 0 Å². The number of methoxy groups -OCH3 is 1. The molecule has 0 saturated carbocycles. The number of hydrogen-bond donors (Lipinski definition) is 1. The summed E-state index contributed by atoms with van der Waals surface area (Å²) in [6.07, 6.45) is 8.87. The standard InChI is InChI=1S/C9H13O3.3C4H9.Sn/c1-7(4-5-10)6-8(2)9(11)12-3;3*1-3-4-2;/h1,10H,2,4-6H2,3H3;3*1,3-4H2,2H3;. The molecule has 0 aliphatic rings. The Balaban J connectivity index is 5.55. The maximum absolute atomic E-state index is 11.7. The summed E-state index contributed by atoms with van der Waals surface area (Å²) in [6, 6.07) is 0. The van der Waals surface area contributed by atoms with E-state index in [0.29, 0.717) is 18.4 Å². The Hall–Kier alpha value is -0.291. The molecule has 0 fully saturated rings. The predicted octanol–water partition coefficient (Wildman–Crippen LogP) is 5.80. The second-order valence-corrected chi connectivity index (χ2v) is 20.1. The number of aliphatic hydroxyl groups excluding tert-OH is 1. The van der Waals surface area contributed by atoms with E-state index in [1.807, 2.05) is 0 Å². The van der Waals surface area contributed by atoms with Gasteiger partial charge in [-0.25, -0.2) is 0 Å². The third kappa shape index (κ3) is 10.4. The molecule has 0 heterocycles. The van der Waals surface area contributed by atoms with Crippen LogP contribution in [0.15, 0.2) is 21.8 Å². The number of carbonyl (C=O) groups is 1. The molecule has 0 bridgehead atoms. The zero-order valence-electron chi connectivity index (χ0n) is 17.0. The second kappa shape index (κ2) is 14.8. The van der Waals surface area contributed by atoms with Crippen molar-refractivity contribution < 1.29 is 14.6 Å². The molecule has 25 heavy (non-hydrogen) atoms. The van der Waals surface area contributed by atoms with Crippen molar-refractivity contribution in [1.29, 1.82) is 0 Å². The molecule has 4 heteroatoms. The van der Waals surface area contributed by atoms with Gasteiger partial charge >= 0.3 is 160 Å². The number of aliphatic hydroxyl groups is 1. The van der Waals surface area contributed by atoms with Crippen molar-refractivity contribution in [1.82, 2.24) is 0 Å². The Bertz CT molecular complexity index is 394. The van der Waals surface area contributed by atoms with E-state index in [1.54, 1.807) is 0 Å². The van der Waals surface area contributed by atoms with Crippen molar-refractivity contribution >= 4 is 24.3 Å². The SMILES string of the molecule is C=C(C/C(=[CH]/[Sn]([CH2]CCC)([CH2]CCC)[CH2]CCC)CCO)C(=O)OC. The quantitative estimate of drug-likeness (QED) is 0.191. The first-order valence-corrected chi connectivity index (χ1v) is 17.8. The Morgan fingerprint density at radius 2 is 1.52 bits per heavy atom. The molecule has 3 nitrogen and oxygen atoms in total. The summed E-state index contributed by atoms with van der Waals surface area (Å²) >= 11 is -2.42. The average Bonchev–Trinajstić information content (AvgIpc) is 2.62. The summed E-state index contributed by atoms with van der Waals surface area (Å²) in [5, 5.41) is 9.51. The Kier molecular flexibility index (Phi) is 14.7. The van der Waals surface area contributed by atoms with Crippen LogP contribution in [0.4, 0.5) is 0 Å². The molecular formula is C21H40O3Sn. The van der Waals surface area contributed by atoms with Crippen molar-refractivity contribution in [3.8, 4) is 0 Å². The van der Waals surface area contributed by atoms with E-state index in [9.17, 15) is 9.90 Å². The molecule has 0 aliphatic heterocycles. The first kappa shape index (κ1) is 24.7. The van der Waals surface area contributed by atoms with Crippen LogP contribution in [0.2, 0.25) is 13.3 Å². The molecule has 0 saturated heterocycles. The van der Waals surface area contributed by atoms with E-state index in [2.05, 4.69) is 31.4 Å². The van der Waals surface area contributed by atoms with Crippen LogP contribution in [0.5, 0.6) is 0 Å². The van der Waals surface area contributed by atoms with Gasteiger partial charge < -0.3 is 0 Å². The number of carbonyl (C=O) groups excluding carboxylic acids is 1. The third-order valence-electron chi connectivity index (χ3n) is 4.94. The Labute approximate surface area is 159 Å². The maximum atomic E-state index is 11.7. The zero-order valence-corrected chi connectivity index (χ0v) is 19.9. The van der Waals surface area contributed by atoms with Gasteiger partial charge in [0.1, 0.15) is 0 Å². The number of unbranched alkanes of at least 4 members (excludes halogenated alkanes) is 3. The molecule has 0 spiro atoms. The van der Waals surface area contributed by atoms with E-state index >= 15 is 0 Å². The van der Waals surface area contributed by atoms with Crippen LogP contribution in [0, 0.1) is 0 Å². The molecule has 0 unspecified atom stereocenters. The first-order valence-electron chi connectivity index (χ1n) is 10.1. The van der Waals surface area contributed by atoms with Gasteiger partial charge in [0.15, 0.2) is 0 Å². The third-order valence-corrected chi connectivity index (χ3v) is 19.4. The van der Waals surface area contributed by atoms with Crippen LogP contribution in [-0.2, 0) is 9.53 Å². The normalized spacial score (nSPS) is 12.3. The van der Waals surface area contributed by atoms with E-state index in [4.69, 9.17) is 4.74 Å². The molecular weight excluding hydrogens is 419 g/mol.